The van der Waals surface area contributed by atoms with Crippen molar-refractivity contribution in [2.45, 2.75) is 84.4 Å². The molecule has 30 heavy (non-hydrogen) atoms. The minimum Gasteiger partial charge on any atom is -0.316 e. The molecule has 0 aliphatic heterocycles. The standard InChI is InChI=1S/C22H36ClN3O3S/c1-8-18(9-10-26(24)16(6)7)30(28,29)25-22(27)13-21-19(14(2)3)11-17(23)12-20(21)15(4)5/h9-12,14-16,18H,8,13,24H2,1-7H3,(H,25,27)/b10-9-. The van der Waals surface area contributed by atoms with Gasteiger partial charge in [-0.15, -0.1) is 0 Å². The summed E-state index contributed by atoms with van der Waals surface area (Å²) in [5, 5.41) is 1.19. The van der Waals surface area contributed by atoms with Crippen LogP contribution in [0.15, 0.2) is 24.4 Å². The van der Waals surface area contributed by atoms with Crippen LogP contribution in [0.4, 0.5) is 0 Å². The van der Waals surface area contributed by atoms with Crippen LogP contribution in [0.3, 0.4) is 0 Å². The Morgan fingerprint density at radius 2 is 1.63 bits per heavy atom. The van der Waals surface area contributed by atoms with Crippen LogP contribution in [0.25, 0.3) is 0 Å². The van der Waals surface area contributed by atoms with Crippen molar-refractivity contribution < 1.29 is 13.2 Å². The second-order valence-corrected chi connectivity index (χ2v) is 10.8. The molecule has 0 aromatic heterocycles. The van der Waals surface area contributed by atoms with Gasteiger partial charge in [-0.2, -0.15) is 0 Å². The summed E-state index contributed by atoms with van der Waals surface area (Å²) in [5.74, 6) is 5.57. The molecule has 1 aromatic carbocycles. The quantitative estimate of drug-likeness (QED) is 0.400. The average molecular weight is 458 g/mol. The van der Waals surface area contributed by atoms with E-state index >= 15 is 0 Å². The van der Waals surface area contributed by atoms with Gasteiger partial charge in [0.2, 0.25) is 15.9 Å². The van der Waals surface area contributed by atoms with E-state index in [-0.39, 0.29) is 24.3 Å². The zero-order valence-electron chi connectivity index (χ0n) is 19.1. The Bertz CT molecular complexity index is 835. The van der Waals surface area contributed by atoms with Gasteiger partial charge in [0.25, 0.3) is 0 Å². The minimum atomic E-state index is -3.88. The van der Waals surface area contributed by atoms with Gasteiger partial charge in [0.15, 0.2) is 0 Å². The van der Waals surface area contributed by atoms with E-state index < -0.39 is 21.2 Å². The number of amides is 1. The molecule has 6 nitrogen and oxygen atoms in total. The molecule has 0 aliphatic carbocycles. The van der Waals surface area contributed by atoms with E-state index in [2.05, 4.69) is 4.72 Å². The number of carbonyl (C=O) groups excluding carboxylic acids is 1. The van der Waals surface area contributed by atoms with Crippen LogP contribution in [0.1, 0.15) is 83.4 Å². The minimum absolute atomic E-state index is 0.0212. The van der Waals surface area contributed by atoms with Gasteiger partial charge in [0.1, 0.15) is 0 Å². The summed E-state index contributed by atoms with van der Waals surface area (Å²) in [7, 11) is -3.88. The van der Waals surface area contributed by atoms with E-state index in [0.29, 0.717) is 11.4 Å². The normalized spacial score (nSPS) is 13.5. The first-order valence-corrected chi connectivity index (χ1v) is 12.3. The molecule has 1 amide bonds. The molecule has 170 valence electrons. The fourth-order valence-electron chi connectivity index (χ4n) is 3.17. The van der Waals surface area contributed by atoms with Crippen LogP contribution in [0, 0.1) is 0 Å². The zero-order chi connectivity index (χ0) is 23.2. The van der Waals surface area contributed by atoms with E-state index in [4.69, 9.17) is 17.4 Å². The van der Waals surface area contributed by atoms with Crippen LogP contribution < -0.4 is 10.6 Å². The second kappa shape index (κ2) is 11.2. The molecular weight excluding hydrogens is 422 g/mol. The third-order valence-electron chi connectivity index (χ3n) is 4.99. The zero-order valence-corrected chi connectivity index (χ0v) is 20.6. The first kappa shape index (κ1) is 26.5. The Morgan fingerprint density at radius 3 is 2.03 bits per heavy atom. The van der Waals surface area contributed by atoms with E-state index in [9.17, 15) is 13.2 Å². The van der Waals surface area contributed by atoms with Gasteiger partial charge in [-0.05, 0) is 67.0 Å². The van der Waals surface area contributed by atoms with Gasteiger partial charge in [-0.25, -0.2) is 14.3 Å². The van der Waals surface area contributed by atoms with E-state index in [1.165, 1.54) is 17.3 Å². The van der Waals surface area contributed by atoms with E-state index in [0.717, 1.165) is 16.7 Å². The maximum atomic E-state index is 12.8. The Morgan fingerprint density at radius 1 is 1.13 bits per heavy atom. The lowest BCUT2D eigenvalue weighted by Gasteiger charge is -2.21. The molecule has 0 spiro atoms. The molecule has 0 radical (unpaired) electrons. The van der Waals surface area contributed by atoms with Crippen molar-refractivity contribution in [3.63, 3.8) is 0 Å². The number of carbonyl (C=O) groups is 1. The van der Waals surface area contributed by atoms with E-state index in [1.807, 2.05) is 53.7 Å². The number of rotatable bonds is 10. The lowest BCUT2D eigenvalue weighted by molar-refractivity contribution is -0.118. The average Bonchev–Trinajstić information content (AvgIpc) is 2.61. The van der Waals surface area contributed by atoms with Crippen molar-refractivity contribution in [2.75, 3.05) is 0 Å². The van der Waals surface area contributed by atoms with Crippen molar-refractivity contribution >= 4 is 27.5 Å². The van der Waals surface area contributed by atoms with Crippen LogP contribution in [-0.2, 0) is 21.2 Å². The fraction of sp³-hybridized carbons (Fsp3) is 0.591. The number of benzene rings is 1. The van der Waals surface area contributed by atoms with Crippen molar-refractivity contribution in [3.05, 3.63) is 46.1 Å². The maximum Gasteiger partial charge on any atom is 0.241 e. The fourth-order valence-corrected chi connectivity index (χ4v) is 4.66. The van der Waals surface area contributed by atoms with E-state index in [1.54, 1.807) is 6.92 Å². The van der Waals surface area contributed by atoms with Crippen LogP contribution >= 0.6 is 11.6 Å². The Kier molecular flexibility index (Phi) is 9.85. The number of nitrogens with zero attached hydrogens (tertiary/aromatic N) is 1. The highest BCUT2D eigenvalue weighted by Gasteiger charge is 2.25. The highest BCUT2D eigenvalue weighted by atomic mass is 35.5. The molecule has 0 aliphatic rings. The molecule has 1 rings (SSSR count). The predicted molar refractivity (Wildman–Crippen MR) is 125 cm³/mol. The summed E-state index contributed by atoms with van der Waals surface area (Å²) in [6.07, 6.45) is 3.35. The molecule has 0 saturated carbocycles. The van der Waals surface area contributed by atoms with Gasteiger partial charge in [-0.3, -0.25) is 9.52 Å². The van der Waals surface area contributed by atoms with Gasteiger partial charge < -0.3 is 5.01 Å². The molecular formula is C22H36ClN3O3S. The van der Waals surface area contributed by atoms with Crippen molar-refractivity contribution in [2.24, 2.45) is 5.84 Å². The van der Waals surface area contributed by atoms with Crippen molar-refractivity contribution in [1.29, 1.82) is 0 Å². The number of hydrogen-bond donors (Lipinski definition) is 2. The number of nitrogens with two attached hydrogens (primary N) is 1. The summed E-state index contributed by atoms with van der Waals surface area (Å²) < 4.78 is 27.8. The number of nitrogens with one attached hydrogen (secondary N) is 1. The summed E-state index contributed by atoms with van der Waals surface area (Å²) in [4.78, 5) is 12.7. The number of halogens is 1. The molecule has 0 saturated heterocycles. The first-order valence-electron chi connectivity index (χ1n) is 10.4. The molecule has 3 N–H and O–H groups in total. The third-order valence-corrected chi connectivity index (χ3v) is 7.01. The number of hydrogen-bond acceptors (Lipinski definition) is 5. The van der Waals surface area contributed by atoms with Crippen LogP contribution in [0.5, 0.6) is 0 Å². The molecule has 1 atom stereocenters. The molecule has 0 bridgehead atoms. The summed E-state index contributed by atoms with van der Waals surface area (Å²) in [5.41, 5.74) is 2.76. The summed E-state index contributed by atoms with van der Waals surface area (Å²) in [6.45, 7) is 13.6. The monoisotopic (exact) mass is 457 g/mol. The predicted octanol–water partition coefficient (Wildman–Crippen LogP) is 4.45. The number of hydrazine groups is 1. The highest BCUT2D eigenvalue weighted by Crippen LogP contribution is 2.31. The molecule has 8 heteroatoms. The van der Waals surface area contributed by atoms with Crippen LogP contribution in [0.2, 0.25) is 5.02 Å². The van der Waals surface area contributed by atoms with Gasteiger partial charge in [0.05, 0.1) is 11.7 Å². The third kappa shape index (κ3) is 7.29. The smallest absolute Gasteiger partial charge is 0.241 e. The van der Waals surface area contributed by atoms with Crippen LogP contribution in [-0.4, -0.2) is 30.6 Å². The van der Waals surface area contributed by atoms with Crippen molar-refractivity contribution in [1.82, 2.24) is 9.73 Å². The maximum absolute atomic E-state index is 12.8. The summed E-state index contributed by atoms with van der Waals surface area (Å²) in [6, 6.07) is 3.74. The Balaban J connectivity index is 3.14. The highest BCUT2D eigenvalue weighted by molar-refractivity contribution is 7.90. The second-order valence-electron chi connectivity index (χ2n) is 8.45. The van der Waals surface area contributed by atoms with Gasteiger partial charge >= 0.3 is 0 Å². The molecule has 1 aromatic rings. The van der Waals surface area contributed by atoms with Gasteiger partial charge in [-0.1, -0.05) is 46.2 Å². The number of sulfonamides is 1. The SMILES string of the molecule is CCC(/C=C\N(N)C(C)C)S(=O)(=O)NC(=O)Cc1c(C(C)C)cc(Cl)cc1C(C)C. The lowest BCUT2D eigenvalue weighted by atomic mass is 9.87. The Labute approximate surface area is 186 Å². The topological polar surface area (TPSA) is 92.5 Å². The molecule has 1 unspecified atom stereocenters. The Hall–Kier alpha value is -1.57. The lowest BCUT2D eigenvalue weighted by Crippen LogP contribution is -2.39. The molecule has 0 heterocycles. The largest absolute Gasteiger partial charge is 0.316 e. The van der Waals surface area contributed by atoms with Gasteiger partial charge in [0, 0.05) is 17.3 Å². The first-order chi connectivity index (χ1) is 13.8. The molecule has 0 fully saturated rings. The summed E-state index contributed by atoms with van der Waals surface area (Å²) >= 11 is 6.28. The van der Waals surface area contributed by atoms with Crippen molar-refractivity contribution in [3.8, 4) is 0 Å².